The van der Waals surface area contributed by atoms with Crippen LogP contribution in [-0.2, 0) is 24.2 Å². The molecule has 0 aliphatic carbocycles. The van der Waals surface area contributed by atoms with E-state index in [0.29, 0.717) is 13.1 Å². The van der Waals surface area contributed by atoms with Crippen LogP contribution in [0.15, 0.2) is 55.0 Å². The normalized spacial score (nSPS) is 13.4. The fourth-order valence-electron chi connectivity index (χ4n) is 3.99. The van der Waals surface area contributed by atoms with E-state index in [0.717, 1.165) is 47.3 Å². The number of nitrogens with one attached hydrogen (secondary N) is 1. The Bertz CT molecular complexity index is 1070. The highest BCUT2D eigenvalue weighted by Gasteiger charge is 2.31. The molecule has 0 spiro atoms. The van der Waals surface area contributed by atoms with E-state index in [-0.39, 0.29) is 18.5 Å². The molecule has 1 fully saturated rings. The van der Waals surface area contributed by atoms with Crippen molar-refractivity contribution in [1.82, 2.24) is 24.8 Å². The lowest BCUT2D eigenvalue weighted by Gasteiger charge is -2.28. The molecule has 0 bridgehead atoms. The molecule has 1 saturated heterocycles. The number of aromatic nitrogens is 3. The molecule has 1 aliphatic rings. The molecule has 0 saturated carbocycles. The summed E-state index contributed by atoms with van der Waals surface area (Å²) in [5, 5.41) is 10.6. The van der Waals surface area contributed by atoms with E-state index in [1.54, 1.807) is 23.3 Å². The van der Waals surface area contributed by atoms with Crippen molar-refractivity contribution < 1.29 is 9.59 Å². The van der Waals surface area contributed by atoms with Gasteiger partial charge in [0, 0.05) is 42.9 Å². The topological polar surface area (TPSA) is 83.4 Å². The molecule has 1 N–H and O–H groups in total. The van der Waals surface area contributed by atoms with Crippen molar-refractivity contribution >= 4 is 17.6 Å². The van der Waals surface area contributed by atoms with E-state index in [4.69, 9.17) is 0 Å². The van der Waals surface area contributed by atoms with Crippen molar-refractivity contribution in [2.75, 3.05) is 18.4 Å². The summed E-state index contributed by atoms with van der Waals surface area (Å²) in [5.74, 6) is -0.169. The first-order valence-electron chi connectivity index (χ1n) is 11.0. The third kappa shape index (κ3) is 4.49. The van der Waals surface area contributed by atoms with Gasteiger partial charge in [-0.3, -0.25) is 14.5 Å². The first-order chi connectivity index (χ1) is 15.6. The van der Waals surface area contributed by atoms with Crippen molar-refractivity contribution in [3.63, 3.8) is 0 Å². The quantitative estimate of drug-likeness (QED) is 0.643. The Labute approximate surface area is 187 Å². The smallest absolute Gasteiger partial charge is 0.306 e. The maximum Gasteiger partial charge on any atom is 0.340 e. The molecule has 3 aromatic rings. The molecule has 0 atom stereocenters. The number of para-hydroxylation sites is 1. The maximum absolute atomic E-state index is 13.1. The predicted molar refractivity (Wildman–Crippen MR) is 123 cm³/mol. The van der Waals surface area contributed by atoms with Gasteiger partial charge in [-0.15, -0.1) is 0 Å². The van der Waals surface area contributed by atoms with Crippen LogP contribution >= 0.6 is 0 Å². The zero-order chi connectivity index (χ0) is 22.5. The second-order valence-corrected chi connectivity index (χ2v) is 7.72. The molecule has 3 amide bonds. The second-order valence-electron chi connectivity index (χ2n) is 7.72. The van der Waals surface area contributed by atoms with E-state index in [2.05, 4.69) is 29.2 Å². The number of pyridine rings is 1. The zero-order valence-corrected chi connectivity index (χ0v) is 18.5. The van der Waals surface area contributed by atoms with Crippen LogP contribution in [0, 0.1) is 0 Å². The van der Waals surface area contributed by atoms with Gasteiger partial charge in [-0.1, -0.05) is 32.0 Å². The summed E-state index contributed by atoms with van der Waals surface area (Å²) in [7, 11) is 0. The van der Waals surface area contributed by atoms with Gasteiger partial charge in [-0.2, -0.15) is 5.10 Å². The molecular formula is C24H28N6O2. The van der Waals surface area contributed by atoms with E-state index < -0.39 is 0 Å². The minimum absolute atomic E-state index is 0.0653. The number of rotatable bonds is 6. The van der Waals surface area contributed by atoms with Gasteiger partial charge in [0.05, 0.1) is 5.69 Å². The van der Waals surface area contributed by atoms with Gasteiger partial charge < -0.3 is 5.32 Å². The highest BCUT2D eigenvalue weighted by molar-refractivity contribution is 5.92. The highest BCUT2D eigenvalue weighted by Crippen LogP contribution is 2.24. The number of aryl methyl sites for hydroxylation is 2. The molecule has 32 heavy (non-hydrogen) atoms. The summed E-state index contributed by atoms with van der Waals surface area (Å²) in [6, 6.07) is 11.4. The van der Waals surface area contributed by atoms with Crippen LogP contribution in [0.5, 0.6) is 0 Å². The highest BCUT2D eigenvalue weighted by atomic mass is 16.2. The van der Waals surface area contributed by atoms with Crippen molar-refractivity contribution in [3.8, 4) is 11.3 Å². The number of anilines is 1. The number of carbonyl (C=O) groups is 2. The van der Waals surface area contributed by atoms with Gasteiger partial charge in [0.15, 0.2) is 0 Å². The van der Waals surface area contributed by atoms with Gasteiger partial charge in [0.1, 0.15) is 6.54 Å². The molecular weight excluding hydrogens is 404 g/mol. The van der Waals surface area contributed by atoms with Crippen LogP contribution in [0.3, 0.4) is 0 Å². The standard InChI is InChI=1S/C24H28N6O2/c1-3-18-8-5-9-19(4-2)23(18)26-24(32)30-14-7-13-29(30)22(31)17-28-15-11-21(27-28)20-10-6-12-25-16-20/h5-6,8-12,15-16H,3-4,7,13-14,17H2,1-2H3,(H,26,32). The first kappa shape index (κ1) is 21.5. The molecule has 2 aromatic heterocycles. The Kier molecular flexibility index (Phi) is 6.49. The number of benzene rings is 1. The molecule has 166 valence electrons. The van der Waals surface area contributed by atoms with Crippen LogP contribution in [0.2, 0.25) is 0 Å². The van der Waals surface area contributed by atoms with Crippen molar-refractivity contribution in [3.05, 3.63) is 66.1 Å². The van der Waals surface area contributed by atoms with E-state index in [1.807, 2.05) is 36.4 Å². The van der Waals surface area contributed by atoms with E-state index >= 15 is 0 Å². The number of amides is 3. The largest absolute Gasteiger partial charge is 0.340 e. The van der Waals surface area contributed by atoms with Crippen molar-refractivity contribution in [2.45, 2.75) is 39.7 Å². The average molecular weight is 433 g/mol. The second kappa shape index (κ2) is 9.64. The minimum Gasteiger partial charge on any atom is -0.306 e. The molecule has 3 heterocycles. The molecule has 8 heteroatoms. The van der Waals surface area contributed by atoms with Gasteiger partial charge in [0.2, 0.25) is 0 Å². The summed E-state index contributed by atoms with van der Waals surface area (Å²) in [4.78, 5) is 30.2. The Hall–Kier alpha value is -3.68. The molecule has 0 unspecified atom stereocenters. The predicted octanol–water partition coefficient (Wildman–Crippen LogP) is 3.75. The summed E-state index contributed by atoms with van der Waals surface area (Å²) >= 11 is 0. The third-order valence-electron chi connectivity index (χ3n) is 5.68. The van der Waals surface area contributed by atoms with Crippen LogP contribution in [0.25, 0.3) is 11.3 Å². The summed E-state index contributed by atoms with van der Waals surface area (Å²) in [6.45, 7) is 5.22. The van der Waals surface area contributed by atoms with Crippen LogP contribution < -0.4 is 5.32 Å². The van der Waals surface area contributed by atoms with E-state index in [1.165, 1.54) is 10.0 Å². The Morgan fingerprint density at radius 1 is 1.00 bits per heavy atom. The summed E-state index contributed by atoms with van der Waals surface area (Å²) in [6.07, 6.45) is 7.61. The lowest BCUT2D eigenvalue weighted by molar-refractivity contribution is -0.140. The minimum atomic E-state index is -0.275. The number of urea groups is 1. The molecule has 1 aliphatic heterocycles. The van der Waals surface area contributed by atoms with Crippen molar-refractivity contribution in [1.29, 1.82) is 0 Å². The SMILES string of the molecule is CCc1cccc(CC)c1NC(=O)N1CCCN1C(=O)Cn1ccc(-c2cccnc2)n1. The van der Waals surface area contributed by atoms with Gasteiger partial charge >= 0.3 is 6.03 Å². The maximum atomic E-state index is 13.1. The zero-order valence-electron chi connectivity index (χ0n) is 18.5. The van der Waals surface area contributed by atoms with Gasteiger partial charge in [-0.25, -0.2) is 14.8 Å². The Morgan fingerprint density at radius 3 is 2.44 bits per heavy atom. The monoisotopic (exact) mass is 432 g/mol. The number of hydrazine groups is 1. The van der Waals surface area contributed by atoms with Gasteiger partial charge in [0.25, 0.3) is 5.91 Å². The number of hydrogen-bond donors (Lipinski definition) is 1. The van der Waals surface area contributed by atoms with Crippen LogP contribution in [0.4, 0.5) is 10.5 Å². The van der Waals surface area contributed by atoms with E-state index in [9.17, 15) is 9.59 Å². The molecule has 1 aromatic carbocycles. The fraction of sp³-hybridized carbons (Fsp3) is 0.333. The average Bonchev–Trinajstić information content (AvgIpc) is 3.50. The summed E-state index contributed by atoms with van der Waals surface area (Å²) < 4.78 is 1.60. The number of hydrogen-bond acceptors (Lipinski definition) is 4. The lowest BCUT2D eigenvalue weighted by atomic mass is 10.0. The van der Waals surface area contributed by atoms with Gasteiger partial charge in [-0.05, 0) is 48.6 Å². The third-order valence-corrected chi connectivity index (χ3v) is 5.68. The number of nitrogens with zero attached hydrogens (tertiary/aromatic N) is 5. The molecule has 8 nitrogen and oxygen atoms in total. The Balaban J connectivity index is 1.45. The number of carbonyl (C=O) groups excluding carboxylic acids is 2. The Morgan fingerprint density at radius 2 is 1.75 bits per heavy atom. The summed E-state index contributed by atoms with van der Waals surface area (Å²) in [5.41, 5.74) is 4.69. The molecule has 0 radical (unpaired) electrons. The lowest BCUT2D eigenvalue weighted by Crippen LogP contribution is -2.48. The van der Waals surface area contributed by atoms with Crippen molar-refractivity contribution in [2.24, 2.45) is 0 Å². The molecule has 4 rings (SSSR count). The fourth-order valence-corrected chi connectivity index (χ4v) is 3.99. The van der Waals surface area contributed by atoms with Crippen LogP contribution in [0.1, 0.15) is 31.4 Å². The van der Waals surface area contributed by atoms with Crippen LogP contribution in [-0.4, -0.2) is 49.8 Å². The first-order valence-corrected chi connectivity index (χ1v) is 11.0.